The summed E-state index contributed by atoms with van der Waals surface area (Å²) in [6.07, 6.45) is 6.59. The van der Waals surface area contributed by atoms with Gasteiger partial charge in [-0.05, 0) is 41.8 Å². The first-order valence-electron chi connectivity index (χ1n) is 9.02. The molecular weight excluding hydrogens is 314 g/mol. The topological polar surface area (TPSA) is 58.6 Å². The summed E-state index contributed by atoms with van der Waals surface area (Å²) in [7, 11) is 0. The van der Waals surface area contributed by atoms with E-state index in [2.05, 4.69) is 12.2 Å². The summed E-state index contributed by atoms with van der Waals surface area (Å²) in [6, 6.07) is 14.6. The molecule has 0 aliphatic rings. The van der Waals surface area contributed by atoms with Crippen molar-refractivity contribution in [1.29, 1.82) is 0 Å². The van der Waals surface area contributed by atoms with Gasteiger partial charge in [0.15, 0.2) is 0 Å². The number of aromatic hydroxyl groups is 1. The number of rotatable bonds is 9. The minimum absolute atomic E-state index is 0.246. The Balaban J connectivity index is 1.71. The van der Waals surface area contributed by atoms with Gasteiger partial charge in [0.05, 0.1) is 6.61 Å². The van der Waals surface area contributed by atoms with Gasteiger partial charge < -0.3 is 9.84 Å². The highest BCUT2D eigenvalue weighted by molar-refractivity contribution is 5.85. The van der Waals surface area contributed by atoms with Gasteiger partial charge in [-0.25, -0.2) is 4.79 Å². The zero-order chi connectivity index (χ0) is 17.9. The van der Waals surface area contributed by atoms with Crippen molar-refractivity contribution in [2.24, 2.45) is 0 Å². The monoisotopic (exact) mass is 341 g/mol. The largest absolute Gasteiger partial charge is 0.508 e. The molecule has 134 valence electrons. The zero-order valence-corrected chi connectivity index (χ0v) is 14.8. The van der Waals surface area contributed by atoms with Gasteiger partial charge in [-0.3, -0.25) is 5.32 Å². The summed E-state index contributed by atoms with van der Waals surface area (Å²) in [6.45, 7) is 2.66. The Labute approximate surface area is 149 Å². The molecule has 0 atom stereocenters. The Bertz CT molecular complexity index is 635. The summed E-state index contributed by atoms with van der Waals surface area (Å²) in [5, 5.41) is 12.1. The Kier molecular flexibility index (Phi) is 7.83. The third-order valence-electron chi connectivity index (χ3n) is 4.06. The molecule has 0 saturated heterocycles. The number of anilines is 1. The van der Waals surface area contributed by atoms with Gasteiger partial charge >= 0.3 is 6.09 Å². The van der Waals surface area contributed by atoms with Gasteiger partial charge in [-0.1, -0.05) is 63.3 Å². The smallest absolute Gasteiger partial charge is 0.411 e. The zero-order valence-electron chi connectivity index (χ0n) is 14.8. The highest BCUT2D eigenvalue weighted by Gasteiger charge is 2.04. The maximum absolute atomic E-state index is 11.8. The fourth-order valence-corrected chi connectivity index (χ4v) is 2.60. The second-order valence-electron chi connectivity index (χ2n) is 6.15. The Morgan fingerprint density at radius 1 is 0.880 bits per heavy atom. The molecule has 0 saturated carbocycles. The van der Waals surface area contributed by atoms with Gasteiger partial charge in [-0.2, -0.15) is 0 Å². The van der Waals surface area contributed by atoms with E-state index in [-0.39, 0.29) is 5.75 Å². The lowest BCUT2D eigenvalue weighted by atomic mass is 10.1. The molecule has 2 aromatic carbocycles. The molecule has 0 bridgehead atoms. The molecule has 0 fully saturated rings. The van der Waals surface area contributed by atoms with Crippen LogP contribution in [0.3, 0.4) is 0 Å². The van der Waals surface area contributed by atoms with Gasteiger partial charge in [0.1, 0.15) is 5.75 Å². The van der Waals surface area contributed by atoms with Gasteiger partial charge in [0, 0.05) is 5.69 Å². The number of phenolic OH excluding ortho intramolecular Hbond substituents is 1. The number of phenols is 1. The van der Waals surface area contributed by atoms with Crippen molar-refractivity contribution >= 4 is 11.8 Å². The van der Waals surface area contributed by atoms with Gasteiger partial charge in [0.25, 0.3) is 0 Å². The van der Waals surface area contributed by atoms with E-state index in [0.717, 1.165) is 24.0 Å². The lowest BCUT2D eigenvalue weighted by Crippen LogP contribution is -2.14. The molecule has 0 radical (unpaired) electrons. The van der Waals surface area contributed by atoms with Gasteiger partial charge in [-0.15, -0.1) is 0 Å². The van der Waals surface area contributed by atoms with Crippen LogP contribution in [0.1, 0.15) is 45.4 Å². The van der Waals surface area contributed by atoms with E-state index >= 15 is 0 Å². The Morgan fingerprint density at radius 2 is 1.44 bits per heavy atom. The summed E-state index contributed by atoms with van der Waals surface area (Å²) < 4.78 is 5.20. The normalized spacial score (nSPS) is 10.4. The number of amides is 1. The summed E-state index contributed by atoms with van der Waals surface area (Å²) in [5.74, 6) is 0.246. The quantitative estimate of drug-likeness (QED) is 0.553. The first kappa shape index (κ1) is 18.8. The Hall–Kier alpha value is -2.49. The van der Waals surface area contributed by atoms with Crippen LogP contribution in [0.15, 0.2) is 48.5 Å². The van der Waals surface area contributed by atoms with Crippen molar-refractivity contribution in [3.8, 4) is 16.9 Å². The average Bonchev–Trinajstić information content (AvgIpc) is 2.62. The molecule has 4 nitrogen and oxygen atoms in total. The number of hydrogen-bond acceptors (Lipinski definition) is 3. The number of nitrogens with one attached hydrogen (secondary N) is 1. The molecule has 0 heterocycles. The predicted octanol–water partition coefficient (Wildman–Crippen LogP) is 5.97. The molecule has 2 N–H and O–H groups in total. The van der Waals surface area contributed by atoms with Crippen LogP contribution >= 0.6 is 0 Å². The van der Waals surface area contributed by atoms with Crippen LogP contribution in [-0.4, -0.2) is 17.8 Å². The number of carbonyl (C=O) groups is 1. The number of unbranched alkanes of at least 4 members (excludes halogenated alkanes) is 5. The van der Waals surface area contributed by atoms with E-state index in [9.17, 15) is 9.90 Å². The summed E-state index contributed by atoms with van der Waals surface area (Å²) >= 11 is 0. The molecule has 2 rings (SSSR count). The van der Waals surface area contributed by atoms with Gasteiger partial charge in [0.2, 0.25) is 0 Å². The lowest BCUT2D eigenvalue weighted by molar-refractivity contribution is 0.159. The number of ether oxygens (including phenoxy) is 1. The molecule has 0 aliphatic heterocycles. The molecular formula is C21H27NO3. The summed E-state index contributed by atoms with van der Waals surface area (Å²) in [5.41, 5.74) is 2.73. The third-order valence-corrected chi connectivity index (χ3v) is 4.06. The minimum atomic E-state index is -0.411. The third kappa shape index (κ3) is 6.87. The Morgan fingerprint density at radius 3 is 2.08 bits per heavy atom. The van der Waals surface area contributed by atoms with Crippen LogP contribution in [0.25, 0.3) is 11.1 Å². The van der Waals surface area contributed by atoms with Crippen LogP contribution in [-0.2, 0) is 4.74 Å². The van der Waals surface area contributed by atoms with E-state index in [4.69, 9.17) is 4.74 Å². The van der Waals surface area contributed by atoms with Crippen molar-refractivity contribution in [2.75, 3.05) is 11.9 Å². The average molecular weight is 341 g/mol. The molecule has 0 aliphatic carbocycles. The number of benzene rings is 2. The molecule has 1 amide bonds. The van der Waals surface area contributed by atoms with E-state index in [1.165, 1.54) is 25.7 Å². The van der Waals surface area contributed by atoms with E-state index in [1.54, 1.807) is 12.1 Å². The van der Waals surface area contributed by atoms with Crippen LogP contribution in [0.4, 0.5) is 10.5 Å². The molecule has 0 spiro atoms. The SMILES string of the molecule is CCCCCCCCOC(=O)Nc1ccc(-c2ccc(O)cc2)cc1. The first-order chi connectivity index (χ1) is 12.2. The highest BCUT2D eigenvalue weighted by atomic mass is 16.5. The molecule has 25 heavy (non-hydrogen) atoms. The van der Waals surface area contributed by atoms with Crippen molar-refractivity contribution in [3.05, 3.63) is 48.5 Å². The lowest BCUT2D eigenvalue weighted by Gasteiger charge is -2.08. The molecule has 0 aromatic heterocycles. The van der Waals surface area contributed by atoms with Crippen LogP contribution in [0, 0.1) is 0 Å². The fourth-order valence-electron chi connectivity index (χ4n) is 2.60. The molecule has 0 unspecified atom stereocenters. The number of carbonyl (C=O) groups excluding carboxylic acids is 1. The molecule has 2 aromatic rings. The van der Waals surface area contributed by atoms with E-state index in [1.807, 2.05) is 36.4 Å². The van der Waals surface area contributed by atoms with E-state index in [0.29, 0.717) is 12.3 Å². The summed E-state index contributed by atoms with van der Waals surface area (Å²) in [4.78, 5) is 11.8. The molecule has 4 heteroatoms. The maximum atomic E-state index is 11.8. The van der Waals surface area contributed by atoms with Crippen molar-refractivity contribution in [1.82, 2.24) is 0 Å². The van der Waals surface area contributed by atoms with Crippen molar-refractivity contribution in [2.45, 2.75) is 45.4 Å². The van der Waals surface area contributed by atoms with E-state index < -0.39 is 6.09 Å². The van der Waals surface area contributed by atoms with Crippen molar-refractivity contribution < 1.29 is 14.6 Å². The highest BCUT2D eigenvalue weighted by Crippen LogP contribution is 2.23. The second-order valence-corrected chi connectivity index (χ2v) is 6.15. The first-order valence-corrected chi connectivity index (χ1v) is 9.02. The maximum Gasteiger partial charge on any atom is 0.411 e. The van der Waals surface area contributed by atoms with Crippen LogP contribution in [0.5, 0.6) is 5.75 Å². The van der Waals surface area contributed by atoms with Crippen molar-refractivity contribution in [3.63, 3.8) is 0 Å². The standard InChI is InChI=1S/C21H27NO3/c1-2-3-4-5-6-7-16-25-21(24)22-19-12-8-17(9-13-19)18-10-14-20(23)15-11-18/h8-15,23H,2-7,16H2,1H3,(H,22,24). The van der Waals surface area contributed by atoms with Crippen LogP contribution < -0.4 is 5.32 Å². The second kappa shape index (κ2) is 10.4. The number of hydrogen-bond donors (Lipinski definition) is 2. The van der Waals surface area contributed by atoms with Crippen LogP contribution in [0.2, 0.25) is 0 Å². The predicted molar refractivity (Wildman–Crippen MR) is 102 cm³/mol. The minimum Gasteiger partial charge on any atom is -0.508 e. The fraction of sp³-hybridized carbons (Fsp3) is 0.381.